The Morgan fingerprint density at radius 3 is 2.86 bits per heavy atom. The van der Waals surface area contributed by atoms with Gasteiger partial charge in [-0.3, -0.25) is 0 Å². The van der Waals surface area contributed by atoms with Crippen molar-refractivity contribution in [2.24, 2.45) is 0 Å². The fourth-order valence-corrected chi connectivity index (χ4v) is 3.25. The highest BCUT2D eigenvalue weighted by Gasteiger charge is 2.26. The lowest BCUT2D eigenvalue weighted by Gasteiger charge is -2.34. The van der Waals surface area contributed by atoms with Gasteiger partial charge in [-0.05, 0) is 31.7 Å². The molecule has 1 aliphatic carbocycles. The minimum Gasteiger partial charge on any atom is -0.471 e. The van der Waals surface area contributed by atoms with E-state index >= 15 is 0 Å². The molecule has 1 atom stereocenters. The van der Waals surface area contributed by atoms with E-state index in [9.17, 15) is 4.79 Å². The number of likely N-dealkylation sites (tertiary alicyclic amines) is 1. The standard InChI is InChI=1S/C16H24N4O2/c21-16(18-13-6-2-1-3-7-13)20-11-5-8-14(12-20)22-15-9-4-10-17-19-15/h4,9-10,13-14H,1-3,5-8,11-12H2,(H,18,21). The Balaban J connectivity index is 1.50. The van der Waals surface area contributed by atoms with Gasteiger partial charge in [-0.1, -0.05) is 19.3 Å². The summed E-state index contributed by atoms with van der Waals surface area (Å²) in [7, 11) is 0. The van der Waals surface area contributed by atoms with Gasteiger partial charge in [0.2, 0.25) is 5.88 Å². The Hall–Kier alpha value is -1.85. The molecule has 1 unspecified atom stereocenters. The lowest BCUT2D eigenvalue weighted by atomic mass is 9.96. The van der Waals surface area contributed by atoms with Crippen molar-refractivity contribution in [3.05, 3.63) is 18.3 Å². The number of rotatable bonds is 3. The number of nitrogens with one attached hydrogen (secondary N) is 1. The number of urea groups is 1. The number of hydrogen-bond acceptors (Lipinski definition) is 4. The molecular formula is C16H24N4O2. The molecule has 0 aromatic carbocycles. The van der Waals surface area contributed by atoms with E-state index in [2.05, 4.69) is 15.5 Å². The van der Waals surface area contributed by atoms with E-state index < -0.39 is 0 Å². The van der Waals surface area contributed by atoms with E-state index in [1.54, 1.807) is 18.3 Å². The normalized spacial score (nSPS) is 23.1. The maximum absolute atomic E-state index is 12.4. The molecule has 22 heavy (non-hydrogen) atoms. The summed E-state index contributed by atoms with van der Waals surface area (Å²) in [5.41, 5.74) is 0. The van der Waals surface area contributed by atoms with Gasteiger partial charge in [0.15, 0.2) is 0 Å². The van der Waals surface area contributed by atoms with E-state index in [1.165, 1.54) is 19.3 Å². The second-order valence-electron chi connectivity index (χ2n) is 6.17. The monoisotopic (exact) mass is 304 g/mol. The van der Waals surface area contributed by atoms with Gasteiger partial charge in [0, 0.05) is 24.8 Å². The topological polar surface area (TPSA) is 67.4 Å². The largest absolute Gasteiger partial charge is 0.471 e. The van der Waals surface area contributed by atoms with Gasteiger partial charge in [-0.15, -0.1) is 5.10 Å². The summed E-state index contributed by atoms with van der Waals surface area (Å²) < 4.78 is 5.83. The second-order valence-corrected chi connectivity index (χ2v) is 6.17. The predicted molar refractivity (Wildman–Crippen MR) is 82.7 cm³/mol. The van der Waals surface area contributed by atoms with Crippen LogP contribution in [0.15, 0.2) is 18.3 Å². The average Bonchev–Trinajstić information content (AvgIpc) is 2.57. The zero-order valence-corrected chi connectivity index (χ0v) is 12.9. The summed E-state index contributed by atoms with van der Waals surface area (Å²) in [4.78, 5) is 14.3. The molecule has 120 valence electrons. The highest BCUT2D eigenvalue weighted by molar-refractivity contribution is 5.74. The minimum absolute atomic E-state index is 0.00237. The first-order valence-electron chi connectivity index (χ1n) is 8.31. The van der Waals surface area contributed by atoms with Crippen LogP contribution in [-0.2, 0) is 0 Å². The van der Waals surface area contributed by atoms with E-state index in [0.29, 0.717) is 18.5 Å². The minimum atomic E-state index is 0.00237. The molecule has 2 aliphatic rings. The third-order valence-corrected chi connectivity index (χ3v) is 4.43. The molecule has 0 bridgehead atoms. The first-order valence-corrected chi connectivity index (χ1v) is 8.31. The van der Waals surface area contributed by atoms with Gasteiger partial charge in [-0.25, -0.2) is 4.79 Å². The lowest BCUT2D eigenvalue weighted by molar-refractivity contribution is 0.0952. The molecule has 0 radical (unpaired) electrons. The van der Waals surface area contributed by atoms with Gasteiger partial charge >= 0.3 is 6.03 Å². The molecular weight excluding hydrogens is 280 g/mol. The molecule has 1 aliphatic heterocycles. The van der Waals surface area contributed by atoms with Crippen molar-refractivity contribution < 1.29 is 9.53 Å². The van der Waals surface area contributed by atoms with Crippen molar-refractivity contribution >= 4 is 6.03 Å². The summed E-state index contributed by atoms with van der Waals surface area (Å²) in [5, 5.41) is 10.9. The predicted octanol–water partition coefficient (Wildman–Crippen LogP) is 2.36. The maximum Gasteiger partial charge on any atom is 0.317 e. The van der Waals surface area contributed by atoms with Crippen LogP contribution in [0, 0.1) is 0 Å². The van der Waals surface area contributed by atoms with Crippen molar-refractivity contribution in [1.82, 2.24) is 20.4 Å². The molecule has 3 rings (SSSR count). The SMILES string of the molecule is O=C(NC1CCCCC1)N1CCCC(Oc2cccnn2)C1. The summed E-state index contributed by atoms with van der Waals surface area (Å²) in [6, 6.07) is 4.01. The number of hydrogen-bond donors (Lipinski definition) is 1. The molecule has 2 fully saturated rings. The Kier molecular flexibility index (Phi) is 5.08. The van der Waals surface area contributed by atoms with Gasteiger partial charge in [0.05, 0.1) is 6.54 Å². The zero-order valence-electron chi connectivity index (χ0n) is 12.9. The van der Waals surface area contributed by atoms with Crippen LogP contribution < -0.4 is 10.1 Å². The first kappa shape index (κ1) is 15.1. The van der Waals surface area contributed by atoms with Gasteiger partial charge < -0.3 is 15.0 Å². The second kappa shape index (κ2) is 7.42. The van der Waals surface area contributed by atoms with Crippen LogP contribution in [0.5, 0.6) is 5.88 Å². The molecule has 2 amide bonds. The fraction of sp³-hybridized carbons (Fsp3) is 0.688. The number of amides is 2. The van der Waals surface area contributed by atoms with Crippen LogP contribution in [-0.4, -0.2) is 46.4 Å². The molecule has 1 aromatic heterocycles. The summed E-state index contributed by atoms with van der Waals surface area (Å²) in [6.07, 6.45) is 9.50. The quantitative estimate of drug-likeness (QED) is 0.931. The molecule has 6 nitrogen and oxygen atoms in total. The Morgan fingerprint density at radius 1 is 1.23 bits per heavy atom. The van der Waals surface area contributed by atoms with Crippen LogP contribution in [0.4, 0.5) is 4.79 Å². The Morgan fingerprint density at radius 2 is 2.09 bits per heavy atom. The van der Waals surface area contributed by atoms with E-state index in [1.807, 2.05) is 4.90 Å². The average molecular weight is 304 g/mol. The van der Waals surface area contributed by atoms with E-state index in [-0.39, 0.29) is 12.1 Å². The number of carbonyl (C=O) groups is 1. The third-order valence-electron chi connectivity index (χ3n) is 4.43. The number of aromatic nitrogens is 2. The number of carbonyl (C=O) groups excluding carboxylic acids is 1. The van der Waals surface area contributed by atoms with Crippen molar-refractivity contribution in [2.75, 3.05) is 13.1 Å². The highest BCUT2D eigenvalue weighted by Crippen LogP contribution is 2.19. The Bertz CT molecular complexity index is 476. The summed E-state index contributed by atoms with van der Waals surface area (Å²) in [6.45, 7) is 1.42. The van der Waals surface area contributed by atoms with Crippen molar-refractivity contribution in [2.45, 2.75) is 57.1 Å². The summed E-state index contributed by atoms with van der Waals surface area (Å²) in [5.74, 6) is 0.530. The van der Waals surface area contributed by atoms with Crippen molar-refractivity contribution in [1.29, 1.82) is 0 Å². The zero-order chi connectivity index (χ0) is 15.2. The molecule has 2 heterocycles. The summed E-state index contributed by atoms with van der Waals surface area (Å²) >= 11 is 0. The van der Waals surface area contributed by atoms with E-state index in [0.717, 1.165) is 32.2 Å². The third kappa shape index (κ3) is 4.08. The van der Waals surface area contributed by atoms with Crippen molar-refractivity contribution in [3.8, 4) is 5.88 Å². The number of ether oxygens (including phenoxy) is 1. The molecule has 1 N–H and O–H groups in total. The number of nitrogens with zero attached hydrogens (tertiary/aromatic N) is 3. The van der Waals surface area contributed by atoms with Crippen LogP contribution in [0.1, 0.15) is 44.9 Å². The maximum atomic E-state index is 12.4. The van der Waals surface area contributed by atoms with Crippen LogP contribution >= 0.6 is 0 Å². The van der Waals surface area contributed by atoms with Gasteiger partial charge in [0.1, 0.15) is 6.10 Å². The molecule has 1 saturated heterocycles. The first-order chi connectivity index (χ1) is 10.8. The van der Waals surface area contributed by atoms with Crippen molar-refractivity contribution in [3.63, 3.8) is 0 Å². The van der Waals surface area contributed by atoms with Crippen LogP contribution in [0.3, 0.4) is 0 Å². The van der Waals surface area contributed by atoms with Crippen LogP contribution in [0.2, 0.25) is 0 Å². The fourth-order valence-electron chi connectivity index (χ4n) is 3.25. The Labute approximate surface area is 131 Å². The lowest BCUT2D eigenvalue weighted by Crippen LogP contribution is -2.51. The molecule has 0 spiro atoms. The number of piperidine rings is 1. The smallest absolute Gasteiger partial charge is 0.317 e. The van der Waals surface area contributed by atoms with Crippen LogP contribution in [0.25, 0.3) is 0 Å². The molecule has 6 heteroatoms. The molecule has 1 aromatic rings. The van der Waals surface area contributed by atoms with Gasteiger partial charge in [-0.2, -0.15) is 5.10 Å². The molecule has 1 saturated carbocycles. The highest BCUT2D eigenvalue weighted by atomic mass is 16.5. The van der Waals surface area contributed by atoms with E-state index in [4.69, 9.17) is 4.74 Å². The van der Waals surface area contributed by atoms with Gasteiger partial charge in [0.25, 0.3) is 0 Å².